The van der Waals surface area contributed by atoms with E-state index in [1.807, 2.05) is 0 Å². The third kappa shape index (κ3) is 9.22. The minimum absolute atomic E-state index is 0.129. The molecule has 0 amide bonds. The summed E-state index contributed by atoms with van der Waals surface area (Å²) >= 11 is 0. The molecule has 0 radical (unpaired) electrons. The average molecular weight is 244 g/mol. The largest absolute Gasteiger partial charge is 0.461 e. The Balaban J connectivity index is 3.83. The van der Waals surface area contributed by atoms with Crippen LogP contribution in [-0.4, -0.2) is 36.2 Å². The van der Waals surface area contributed by atoms with Gasteiger partial charge in [-0.2, -0.15) is 0 Å². The van der Waals surface area contributed by atoms with Gasteiger partial charge < -0.3 is 9.47 Å². The second-order valence-electron chi connectivity index (χ2n) is 3.74. The third-order valence-corrected chi connectivity index (χ3v) is 1.60. The minimum Gasteiger partial charge on any atom is -0.461 e. The van der Waals surface area contributed by atoms with E-state index < -0.39 is 18.0 Å². The van der Waals surface area contributed by atoms with Crippen molar-refractivity contribution < 1.29 is 28.7 Å². The molecule has 6 nitrogen and oxygen atoms in total. The molecular weight excluding hydrogens is 228 g/mol. The van der Waals surface area contributed by atoms with Gasteiger partial charge >= 0.3 is 11.9 Å². The summed E-state index contributed by atoms with van der Waals surface area (Å²) in [6.45, 7) is 3.95. The molecule has 0 aliphatic carbocycles. The number of esters is 2. The molecule has 0 fully saturated rings. The van der Waals surface area contributed by atoms with Crippen molar-refractivity contribution in [1.29, 1.82) is 0 Å². The minimum atomic E-state index is -0.660. The fourth-order valence-corrected chi connectivity index (χ4v) is 0.968. The number of ketones is 2. The molecule has 96 valence electrons. The Morgan fingerprint density at radius 1 is 0.941 bits per heavy atom. The Hall–Kier alpha value is -1.72. The van der Waals surface area contributed by atoms with Crippen LogP contribution in [0, 0.1) is 0 Å². The van der Waals surface area contributed by atoms with Crippen LogP contribution in [0.2, 0.25) is 0 Å². The van der Waals surface area contributed by atoms with Gasteiger partial charge in [-0.1, -0.05) is 0 Å². The van der Waals surface area contributed by atoms with Gasteiger partial charge in [0.25, 0.3) is 0 Å². The summed E-state index contributed by atoms with van der Waals surface area (Å²) in [4.78, 5) is 43.2. The van der Waals surface area contributed by atoms with Crippen LogP contribution in [0.5, 0.6) is 0 Å². The van der Waals surface area contributed by atoms with E-state index in [4.69, 9.17) is 9.47 Å². The molecule has 0 bridgehead atoms. The molecule has 0 aromatic carbocycles. The first-order chi connectivity index (χ1) is 7.81. The molecule has 0 N–H and O–H groups in total. The predicted octanol–water partition coefficient (Wildman–Crippen LogP) is 0.419. The second kappa shape index (κ2) is 7.54. The maximum absolute atomic E-state index is 11.0. The van der Waals surface area contributed by atoms with Crippen LogP contribution in [0.3, 0.4) is 0 Å². The summed E-state index contributed by atoms with van der Waals surface area (Å²) in [5.74, 6) is -1.91. The van der Waals surface area contributed by atoms with E-state index in [0.29, 0.717) is 0 Å². The zero-order chi connectivity index (χ0) is 13.4. The molecule has 1 unspecified atom stereocenters. The highest BCUT2D eigenvalue weighted by atomic mass is 16.6. The molecule has 0 aromatic heterocycles. The van der Waals surface area contributed by atoms with E-state index >= 15 is 0 Å². The second-order valence-corrected chi connectivity index (χ2v) is 3.74. The van der Waals surface area contributed by atoms with Crippen LogP contribution < -0.4 is 0 Å². The van der Waals surface area contributed by atoms with Crippen LogP contribution >= 0.6 is 0 Å². The van der Waals surface area contributed by atoms with Crippen molar-refractivity contribution >= 4 is 23.5 Å². The lowest BCUT2D eigenvalue weighted by molar-refractivity contribution is -0.159. The predicted molar refractivity (Wildman–Crippen MR) is 57.1 cm³/mol. The highest BCUT2D eigenvalue weighted by Crippen LogP contribution is 1.98. The van der Waals surface area contributed by atoms with Gasteiger partial charge in [-0.3, -0.25) is 19.2 Å². The fraction of sp³-hybridized carbons (Fsp3) is 0.636. The first-order valence-electron chi connectivity index (χ1n) is 5.15. The van der Waals surface area contributed by atoms with Crippen molar-refractivity contribution in [3.63, 3.8) is 0 Å². The van der Waals surface area contributed by atoms with Gasteiger partial charge in [-0.15, -0.1) is 0 Å². The monoisotopic (exact) mass is 244 g/mol. The van der Waals surface area contributed by atoms with E-state index in [0.717, 1.165) is 0 Å². The van der Waals surface area contributed by atoms with Gasteiger partial charge in [0.15, 0.2) is 0 Å². The van der Waals surface area contributed by atoms with Crippen molar-refractivity contribution in [2.75, 3.05) is 6.61 Å². The van der Waals surface area contributed by atoms with E-state index in [1.165, 1.54) is 20.8 Å². The lowest BCUT2D eigenvalue weighted by atomic mass is 10.3. The van der Waals surface area contributed by atoms with Crippen molar-refractivity contribution in [3.8, 4) is 0 Å². The summed E-state index contributed by atoms with van der Waals surface area (Å²) in [7, 11) is 0. The van der Waals surface area contributed by atoms with Gasteiger partial charge in [0.1, 0.15) is 37.1 Å². The van der Waals surface area contributed by atoms with Crippen LogP contribution in [0.25, 0.3) is 0 Å². The SMILES string of the molecule is CC(=O)CC(=O)OCC(C)OC(=O)CC(C)=O. The molecule has 1 atom stereocenters. The summed E-state index contributed by atoms with van der Waals surface area (Å²) in [6.07, 6.45) is -1.24. The number of ether oxygens (including phenoxy) is 2. The molecule has 0 saturated heterocycles. The number of rotatable bonds is 7. The molecule has 0 saturated carbocycles. The summed E-state index contributed by atoms with van der Waals surface area (Å²) in [5.41, 5.74) is 0. The van der Waals surface area contributed by atoms with Crippen LogP contribution in [0.15, 0.2) is 0 Å². The molecule has 0 aromatic rings. The van der Waals surface area contributed by atoms with Crippen molar-refractivity contribution in [3.05, 3.63) is 0 Å². The quantitative estimate of drug-likeness (QED) is 0.476. The van der Waals surface area contributed by atoms with Gasteiger partial charge in [0, 0.05) is 0 Å². The molecule has 0 aliphatic heterocycles. The Bertz CT molecular complexity index is 320. The Morgan fingerprint density at radius 2 is 1.41 bits per heavy atom. The van der Waals surface area contributed by atoms with Crippen molar-refractivity contribution in [1.82, 2.24) is 0 Å². The number of carbonyl (C=O) groups is 4. The lowest BCUT2D eigenvalue weighted by Gasteiger charge is -2.12. The molecule has 0 aliphatic rings. The number of hydrogen-bond acceptors (Lipinski definition) is 6. The maximum atomic E-state index is 11.0. The standard InChI is InChI=1S/C11H16O6/c1-7(12)4-10(14)16-6-9(3)17-11(15)5-8(2)13/h9H,4-6H2,1-3H3. The zero-order valence-corrected chi connectivity index (χ0v) is 10.1. The Kier molecular flexibility index (Phi) is 6.77. The van der Waals surface area contributed by atoms with E-state index in [-0.39, 0.29) is 31.0 Å². The topological polar surface area (TPSA) is 86.7 Å². The highest BCUT2D eigenvalue weighted by Gasteiger charge is 2.14. The molecular formula is C11H16O6. The van der Waals surface area contributed by atoms with E-state index in [1.54, 1.807) is 0 Å². The van der Waals surface area contributed by atoms with Crippen LogP contribution in [0.1, 0.15) is 33.6 Å². The van der Waals surface area contributed by atoms with Gasteiger partial charge in [-0.05, 0) is 20.8 Å². The van der Waals surface area contributed by atoms with Gasteiger partial charge in [-0.25, -0.2) is 0 Å². The first kappa shape index (κ1) is 15.3. The first-order valence-corrected chi connectivity index (χ1v) is 5.15. The molecule has 17 heavy (non-hydrogen) atoms. The molecule has 0 rings (SSSR count). The summed E-state index contributed by atoms with van der Waals surface area (Å²) in [5, 5.41) is 0. The van der Waals surface area contributed by atoms with Crippen LogP contribution in [-0.2, 0) is 28.7 Å². The molecule has 0 heterocycles. The van der Waals surface area contributed by atoms with Crippen LogP contribution in [0.4, 0.5) is 0 Å². The van der Waals surface area contributed by atoms with Gasteiger partial charge in [0.2, 0.25) is 0 Å². The maximum Gasteiger partial charge on any atom is 0.313 e. The third-order valence-electron chi connectivity index (χ3n) is 1.60. The highest BCUT2D eigenvalue weighted by molar-refractivity contribution is 5.94. The van der Waals surface area contributed by atoms with E-state index in [2.05, 4.69) is 0 Å². The number of hydrogen-bond donors (Lipinski definition) is 0. The number of carbonyl (C=O) groups excluding carboxylic acids is 4. The smallest absolute Gasteiger partial charge is 0.313 e. The van der Waals surface area contributed by atoms with Gasteiger partial charge in [0.05, 0.1) is 0 Å². The summed E-state index contributed by atoms with van der Waals surface area (Å²) in [6, 6.07) is 0. The normalized spacial score (nSPS) is 11.5. The number of Topliss-reactive ketones (excluding diaryl/α,β-unsaturated/α-hetero) is 2. The average Bonchev–Trinajstić information content (AvgIpc) is 2.12. The van der Waals surface area contributed by atoms with E-state index in [9.17, 15) is 19.2 Å². The summed E-state index contributed by atoms with van der Waals surface area (Å²) < 4.78 is 9.49. The van der Waals surface area contributed by atoms with Crippen molar-refractivity contribution in [2.24, 2.45) is 0 Å². The Labute approximate surface area is 99.3 Å². The lowest BCUT2D eigenvalue weighted by Crippen LogP contribution is -2.23. The Morgan fingerprint density at radius 3 is 1.88 bits per heavy atom. The van der Waals surface area contributed by atoms with Crippen molar-refractivity contribution in [2.45, 2.75) is 39.7 Å². The zero-order valence-electron chi connectivity index (χ0n) is 10.1. The molecule has 6 heteroatoms. The fourth-order valence-electron chi connectivity index (χ4n) is 0.968. The molecule has 0 spiro atoms.